The van der Waals surface area contributed by atoms with Gasteiger partial charge in [-0.3, -0.25) is 4.79 Å². The molecule has 110 valence electrons. The summed E-state index contributed by atoms with van der Waals surface area (Å²) in [5.74, 6) is 0.0958. The standard InChI is InChI=1S/C14H14Cl2N4O/c1-8(2)19-14-17-6-9(7-18-14)13(21)20-12-10(15)4-3-5-11(12)16/h3-8H,1-2H3,(H,20,21)(H,17,18,19). The summed E-state index contributed by atoms with van der Waals surface area (Å²) in [5, 5.41) is 6.43. The lowest BCUT2D eigenvalue weighted by Crippen LogP contribution is -2.16. The van der Waals surface area contributed by atoms with Crippen molar-refractivity contribution in [1.29, 1.82) is 0 Å². The van der Waals surface area contributed by atoms with Gasteiger partial charge in [-0.1, -0.05) is 29.3 Å². The Labute approximate surface area is 132 Å². The molecule has 0 bridgehead atoms. The van der Waals surface area contributed by atoms with Crippen LogP contribution in [0, 0.1) is 0 Å². The monoisotopic (exact) mass is 324 g/mol. The van der Waals surface area contributed by atoms with E-state index in [0.717, 1.165) is 0 Å². The highest BCUT2D eigenvalue weighted by atomic mass is 35.5. The fourth-order valence-electron chi connectivity index (χ4n) is 1.58. The molecule has 21 heavy (non-hydrogen) atoms. The Morgan fingerprint density at radius 2 is 1.71 bits per heavy atom. The molecule has 2 N–H and O–H groups in total. The van der Waals surface area contributed by atoms with Gasteiger partial charge in [0.25, 0.3) is 5.91 Å². The van der Waals surface area contributed by atoms with Crippen LogP contribution in [0.2, 0.25) is 10.0 Å². The smallest absolute Gasteiger partial charge is 0.258 e. The van der Waals surface area contributed by atoms with Gasteiger partial charge in [-0.05, 0) is 26.0 Å². The number of nitrogens with one attached hydrogen (secondary N) is 2. The van der Waals surface area contributed by atoms with E-state index in [1.54, 1.807) is 18.2 Å². The first kappa shape index (κ1) is 15.5. The molecule has 0 aliphatic heterocycles. The van der Waals surface area contributed by atoms with E-state index in [2.05, 4.69) is 20.6 Å². The molecule has 7 heteroatoms. The van der Waals surface area contributed by atoms with Crippen molar-refractivity contribution in [2.75, 3.05) is 10.6 Å². The van der Waals surface area contributed by atoms with Crippen LogP contribution in [0.15, 0.2) is 30.6 Å². The fourth-order valence-corrected chi connectivity index (χ4v) is 2.07. The summed E-state index contributed by atoms with van der Waals surface area (Å²) < 4.78 is 0. The topological polar surface area (TPSA) is 66.9 Å². The Balaban J connectivity index is 2.13. The normalized spacial score (nSPS) is 10.5. The quantitative estimate of drug-likeness (QED) is 0.896. The van der Waals surface area contributed by atoms with Gasteiger partial charge in [0.1, 0.15) is 0 Å². The molecule has 0 saturated carbocycles. The van der Waals surface area contributed by atoms with Crippen LogP contribution in [0.4, 0.5) is 11.6 Å². The lowest BCUT2D eigenvalue weighted by molar-refractivity contribution is 0.102. The minimum atomic E-state index is -0.374. The average molecular weight is 325 g/mol. The third-order valence-electron chi connectivity index (χ3n) is 2.53. The van der Waals surface area contributed by atoms with Crippen molar-refractivity contribution >= 4 is 40.7 Å². The first-order valence-corrected chi connectivity index (χ1v) is 7.07. The molecular formula is C14H14Cl2N4O. The molecule has 0 fully saturated rings. The van der Waals surface area contributed by atoms with Crippen LogP contribution in [-0.2, 0) is 0 Å². The Bertz CT molecular complexity index is 624. The second kappa shape index (κ2) is 6.74. The number of carbonyl (C=O) groups excluding carboxylic acids is 1. The molecule has 5 nitrogen and oxygen atoms in total. The maximum atomic E-state index is 12.1. The Kier molecular flexibility index (Phi) is 4.98. The number of rotatable bonds is 4. The molecule has 1 amide bonds. The van der Waals surface area contributed by atoms with Crippen LogP contribution in [0.5, 0.6) is 0 Å². The van der Waals surface area contributed by atoms with Crippen molar-refractivity contribution in [3.05, 3.63) is 46.2 Å². The number of benzene rings is 1. The summed E-state index contributed by atoms with van der Waals surface area (Å²) in [7, 11) is 0. The maximum Gasteiger partial charge on any atom is 0.258 e. The zero-order valence-corrected chi connectivity index (χ0v) is 13.0. The van der Waals surface area contributed by atoms with Crippen molar-refractivity contribution in [2.24, 2.45) is 0 Å². The largest absolute Gasteiger partial charge is 0.352 e. The van der Waals surface area contributed by atoms with E-state index in [9.17, 15) is 4.79 Å². The van der Waals surface area contributed by atoms with E-state index in [-0.39, 0.29) is 11.9 Å². The lowest BCUT2D eigenvalue weighted by Gasteiger charge is -2.10. The second-order valence-electron chi connectivity index (χ2n) is 4.65. The van der Waals surface area contributed by atoms with Gasteiger partial charge < -0.3 is 10.6 Å². The van der Waals surface area contributed by atoms with Crippen LogP contribution in [0.25, 0.3) is 0 Å². The van der Waals surface area contributed by atoms with E-state index < -0.39 is 0 Å². The molecular weight excluding hydrogens is 311 g/mol. The highest BCUT2D eigenvalue weighted by Crippen LogP contribution is 2.30. The molecule has 0 saturated heterocycles. The van der Waals surface area contributed by atoms with Crippen LogP contribution in [0.3, 0.4) is 0 Å². The van der Waals surface area contributed by atoms with E-state index in [1.807, 2.05) is 13.8 Å². The predicted molar refractivity (Wildman–Crippen MR) is 85.2 cm³/mol. The molecule has 1 aromatic carbocycles. The van der Waals surface area contributed by atoms with Gasteiger partial charge >= 0.3 is 0 Å². The van der Waals surface area contributed by atoms with Crippen molar-refractivity contribution in [1.82, 2.24) is 9.97 Å². The van der Waals surface area contributed by atoms with Gasteiger partial charge in [-0.2, -0.15) is 0 Å². The van der Waals surface area contributed by atoms with Gasteiger partial charge in [-0.25, -0.2) is 9.97 Å². The molecule has 1 heterocycles. The van der Waals surface area contributed by atoms with Crippen LogP contribution in [0.1, 0.15) is 24.2 Å². The minimum absolute atomic E-state index is 0.214. The third-order valence-corrected chi connectivity index (χ3v) is 3.16. The molecule has 0 atom stereocenters. The molecule has 0 aliphatic rings. The van der Waals surface area contributed by atoms with Crippen molar-refractivity contribution in [3.8, 4) is 0 Å². The van der Waals surface area contributed by atoms with Gasteiger partial charge in [0.15, 0.2) is 0 Å². The van der Waals surface area contributed by atoms with Gasteiger partial charge in [0.2, 0.25) is 5.95 Å². The Morgan fingerprint density at radius 1 is 1.14 bits per heavy atom. The molecule has 0 unspecified atom stereocenters. The van der Waals surface area contributed by atoms with Crippen molar-refractivity contribution < 1.29 is 4.79 Å². The van der Waals surface area contributed by atoms with E-state index in [0.29, 0.717) is 27.2 Å². The number of para-hydroxylation sites is 1. The third kappa shape index (κ3) is 4.06. The van der Waals surface area contributed by atoms with Crippen LogP contribution >= 0.6 is 23.2 Å². The number of halogens is 2. The van der Waals surface area contributed by atoms with E-state index >= 15 is 0 Å². The fraction of sp³-hybridized carbons (Fsp3) is 0.214. The first-order valence-electron chi connectivity index (χ1n) is 6.31. The number of amides is 1. The molecule has 0 aliphatic carbocycles. The minimum Gasteiger partial charge on any atom is -0.352 e. The number of carbonyl (C=O) groups is 1. The first-order chi connectivity index (χ1) is 9.97. The zero-order valence-electron chi connectivity index (χ0n) is 11.5. The van der Waals surface area contributed by atoms with Crippen molar-refractivity contribution in [2.45, 2.75) is 19.9 Å². The highest BCUT2D eigenvalue weighted by Gasteiger charge is 2.12. The van der Waals surface area contributed by atoms with Gasteiger partial charge in [0.05, 0.1) is 21.3 Å². The van der Waals surface area contributed by atoms with Crippen LogP contribution in [-0.4, -0.2) is 21.9 Å². The van der Waals surface area contributed by atoms with Gasteiger partial charge in [0, 0.05) is 18.4 Å². The number of hydrogen-bond donors (Lipinski definition) is 2. The zero-order chi connectivity index (χ0) is 15.4. The van der Waals surface area contributed by atoms with Crippen LogP contribution < -0.4 is 10.6 Å². The van der Waals surface area contributed by atoms with E-state index in [1.165, 1.54) is 12.4 Å². The SMILES string of the molecule is CC(C)Nc1ncc(C(=O)Nc2c(Cl)cccc2Cl)cn1. The number of nitrogens with zero attached hydrogens (tertiary/aromatic N) is 2. The lowest BCUT2D eigenvalue weighted by atomic mass is 10.2. The number of aromatic nitrogens is 2. The number of hydrogen-bond acceptors (Lipinski definition) is 4. The second-order valence-corrected chi connectivity index (χ2v) is 5.46. The summed E-state index contributed by atoms with van der Waals surface area (Å²) in [6, 6.07) is 5.21. The molecule has 1 aromatic heterocycles. The maximum absolute atomic E-state index is 12.1. The molecule has 2 aromatic rings. The molecule has 0 radical (unpaired) electrons. The average Bonchev–Trinajstić information content (AvgIpc) is 2.43. The summed E-state index contributed by atoms with van der Waals surface area (Å²) >= 11 is 12.0. The highest BCUT2D eigenvalue weighted by molar-refractivity contribution is 6.40. The molecule has 2 rings (SSSR count). The predicted octanol–water partition coefficient (Wildman–Crippen LogP) is 3.86. The summed E-state index contributed by atoms with van der Waals surface area (Å²) in [4.78, 5) is 20.3. The Morgan fingerprint density at radius 3 is 2.24 bits per heavy atom. The summed E-state index contributed by atoms with van der Waals surface area (Å²) in [5.41, 5.74) is 0.690. The van der Waals surface area contributed by atoms with Crippen molar-refractivity contribution in [3.63, 3.8) is 0 Å². The number of anilines is 2. The van der Waals surface area contributed by atoms with E-state index in [4.69, 9.17) is 23.2 Å². The summed E-state index contributed by atoms with van der Waals surface area (Å²) in [6.07, 6.45) is 2.88. The van der Waals surface area contributed by atoms with Gasteiger partial charge in [-0.15, -0.1) is 0 Å². The molecule has 0 spiro atoms. The summed E-state index contributed by atoms with van der Waals surface area (Å²) in [6.45, 7) is 3.95. The Hall–Kier alpha value is -1.85.